The predicted molar refractivity (Wildman–Crippen MR) is 83.3 cm³/mol. The normalized spacial score (nSPS) is 10.0. The Morgan fingerprint density at radius 3 is 2.47 bits per heavy atom. The van der Waals surface area contributed by atoms with Gasteiger partial charge in [0.2, 0.25) is 0 Å². The molecule has 0 saturated heterocycles. The second-order valence-electron chi connectivity index (χ2n) is 3.33. The van der Waals surface area contributed by atoms with E-state index in [0.29, 0.717) is 11.3 Å². The Kier molecular flexibility index (Phi) is 4.38. The fraction of sp³-hybridized carbons (Fsp3) is 0. The average molecular weight is 450 g/mol. The minimum absolute atomic E-state index is 0.322. The Balaban J connectivity index is 2.20. The van der Waals surface area contributed by atoms with Gasteiger partial charge in [-0.2, -0.15) is 0 Å². The van der Waals surface area contributed by atoms with Crippen LogP contribution in [0.1, 0.15) is 10.4 Å². The number of halogens is 2. The molecule has 0 N–H and O–H groups in total. The van der Waals surface area contributed by atoms with E-state index in [-0.39, 0.29) is 5.97 Å². The fourth-order valence-corrected chi connectivity index (χ4v) is 2.44. The summed E-state index contributed by atoms with van der Waals surface area (Å²) in [4.78, 5) is 11.9. The van der Waals surface area contributed by atoms with Crippen molar-refractivity contribution in [2.24, 2.45) is 0 Å². The molecule has 4 heteroatoms. The molecule has 2 aromatic carbocycles. The van der Waals surface area contributed by atoms with E-state index in [1.807, 2.05) is 36.4 Å². The van der Waals surface area contributed by atoms with Crippen molar-refractivity contribution >= 4 is 51.2 Å². The number of ether oxygens (including phenoxy) is 1. The maximum absolute atomic E-state index is 11.9. The highest BCUT2D eigenvalue weighted by atomic mass is 127. The van der Waals surface area contributed by atoms with E-state index in [0.717, 1.165) is 7.14 Å². The summed E-state index contributed by atoms with van der Waals surface area (Å²) in [5.74, 6) is 0.249. The largest absolute Gasteiger partial charge is 0.423 e. The second-order valence-corrected chi connectivity index (χ2v) is 5.73. The number of hydrogen-bond acceptors (Lipinski definition) is 2. The Morgan fingerprint density at radius 1 is 1.00 bits per heavy atom. The molecule has 86 valence electrons. The van der Waals surface area contributed by atoms with Crippen LogP contribution in [-0.2, 0) is 0 Å². The van der Waals surface area contributed by atoms with Crippen molar-refractivity contribution in [3.63, 3.8) is 0 Å². The molecular formula is C13H8I2O2. The quantitative estimate of drug-likeness (QED) is 0.391. The van der Waals surface area contributed by atoms with Crippen molar-refractivity contribution in [2.45, 2.75) is 0 Å². The van der Waals surface area contributed by atoms with Gasteiger partial charge in [-0.3, -0.25) is 0 Å². The smallest absolute Gasteiger partial charge is 0.344 e. The zero-order chi connectivity index (χ0) is 12.3. The van der Waals surface area contributed by atoms with E-state index < -0.39 is 0 Å². The highest BCUT2D eigenvalue weighted by Gasteiger charge is 2.11. The van der Waals surface area contributed by atoms with Crippen molar-refractivity contribution in [1.29, 1.82) is 0 Å². The lowest BCUT2D eigenvalue weighted by atomic mass is 10.2. The molecule has 0 aliphatic rings. The Morgan fingerprint density at radius 2 is 1.76 bits per heavy atom. The van der Waals surface area contributed by atoms with Gasteiger partial charge in [0.15, 0.2) is 0 Å². The fourth-order valence-electron chi connectivity index (χ4n) is 1.32. The summed E-state index contributed by atoms with van der Waals surface area (Å²) in [6, 6.07) is 14.8. The highest BCUT2D eigenvalue weighted by molar-refractivity contribution is 14.1. The van der Waals surface area contributed by atoms with Crippen molar-refractivity contribution in [3.05, 3.63) is 61.2 Å². The topological polar surface area (TPSA) is 26.3 Å². The third-order valence-electron chi connectivity index (χ3n) is 2.10. The molecule has 0 bridgehead atoms. The van der Waals surface area contributed by atoms with E-state index in [1.165, 1.54) is 0 Å². The monoisotopic (exact) mass is 450 g/mol. The van der Waals surface area contributed by atoms with Gasteiger partial charge in [0, 0.05) is 7.14 Å². The number of hydrogen-bond donors (Lipinski definition) is 0. The van der Waals surface area contributed by atoms with Crippen molar-refractivity contribution in [3.8, 4) is 5.75 Å². The lowest BCUT2D eigenvalue weighted by molar-refractivity contribution is 0.0733. The molecule has 2 nitrogen and oxygen atoms in total. The predicted octanol–water partition coefficient (Wildman–Crippen LogP) is 4.12. The molecular weight excluding hydrogens is 442 g/mol. The first-order valence-corrected chi connectivity index (χ1v) is 7.05. The van der Waals surface area contributed by atoms with Crippen molar-refractivity contribution < 1.29 is 9.53 Å². The van der Waals surface area contributed by atoms with Crippen LogP contribution in [0.25, 0.3) is 0 Å². The summed E-state index contributed by atoms with van der Waals surface area (Å²) in [6.07, 6.45) is 0. The lowest BCUT2D eigenvalue weighted by Crippen LogP contribution is -2.10. The first-order valence-electron chi connectivity index (χ1n) is 4.89. The minimum atomic E-state index is -0.322. The van der Waals surface area contributed by atoms with Gasteiger partial charge < -0.3 is 4.74 Å². The maximum atomic E-state index is 11.9. The first kappa shape index (κ1) is 12.8. The van der Waals surface area contributed by atoms with Gasteiger partial charge in [0.05, 0.1) is 5.56 Å². The van der Waals surface area contributed by atoms with Crippen LogP contribution in [0, 0.1) is 7.14 Å². The molecule has 0 spiro atoms. The van der Waals surface area contributed by atoms with E-state index in [4.69, 9.17) is 4.74 Å². The summed E-state index contributed by atoms with van der Waals surface area (Å²) in [5, 5.41) is 0. The molecule has 0 fully saturated rings. The summed E-state index contributed by atoms with van der Waals surface area (Å²) < 4.78 is 7.24. The van der Waals surface area contributed by atoms with Crippen LogP contribution in [0.3, 0.4) is 0 Å². The summed E-state index contributed by atoms with van der Waals surface area (Å²) in [5.41, 5.74) is 0.590. The summed E-state index contributed by atoms with van der Waals surface area (Å²) >= 11 is 4.30. The molecule has 0 aliphatic heterocycles. The number of carbonyl (C=O) groups is 1. The van der Waals surface area contributed by atoms with E-state index in [1.54, 1.807) is 12.1 Å². The maximum Gasteiger partial charge on any atom is 0.344 e. The van der Waals surface area contributed by atoms with Gasteiger partial charge in [-0.25, -0.2) is 4.79 Å². The minimum Gasteiger partial charge on any atom is -0.423 e. The molecule has 0 atom stereocenters. The number of carbonyl (C=O) groups excluding carboxylic acids is 1. The SMILES string of the molecule is O=C(Oc1cccc(I)c1)c1ccccc1I. The van der Waals surface area contributed by atoms with Gasteiger partial charge in [0.25, 0.3) is 0 Å². The van der Waals surface area contributed by atoms with Gasteiger partial charge in [-0.1, -0.05) is 18.2 Å². The Hall–Kier alpha value is -0.630. The average Bonchev–Trinajstić information content (AvgIpc) is 2.29. The van der Waals surface area contributed by atoms with Crippen LogP contribution < -0.4 is 4.74 Å². The molecule has 0 saturated carbocycles. The van der Waals surface area contributed by atoms with Crippen LogP contribution >= 0.6 is 45.2 Å². The Labute approximate surface area is 127 Å². The molecule has 2 aromatic rings. The zero-order valence-corrected chi connectivity index (χ0v) is 13.0. The van der Waals surface area contributed by atoms with E-state index in [9.17, 15) is 4.79 Å². The zero-order valence-electron chi connectivity index (χ0n) is 8.69. The second kappa shape index (κ2) is 5.81. The van der Waals surface area contributed by atoms with Gasteiger partial charge in [-0.15, -0.1) is 0 Å². The lowest BCUT2D eigenvalue weighted by Gasteiger charge is -2.05. The molecule has 17 heavy (non-hydrogen) atoms. The molecule has 0 heterocycles. The van der Waals surface area contributed by atoms with Crippen LogP contribution in [0.4, 0.5) is 0 Å². The Bertz CT molecular complexity index is 553. The van der Waals surface area contributed by atoms with Crippen LogP contribution in [0.2, 0.25) is 0 Å². The van der Waals surface area contributed by atoms with Gasteiger partial charge in [-0.05, 0) is 75.5 Å². The van der Waals surface area contributed by atoms with Gasteiger partial charge in [0.1, 0.15) is 5.75 Å². The van der Waals surface area contributed by atoms with Crippen molar-refractivity contribution in [1.82, 2.24) is 0 Å². The van der Waals surface area contributed by atoms with Crippen LogP contribution in [-0.4, -0.2) is 5.97 Å². The third-order valence-corrected chi connectivity index (χ3v) is 3.71. The summed E-state index contributed by atoms with van der Waals surface area (Å²) in [7, 11) is 0. The molecule has 0 radical (unpaired) electrons. The highest BCUT2D eigenvalue weighted by Crippen LogP contribution is 2.18. The van der Waals surface area contributed by atoms with Crippen LogP contribution in [0.5, 0.6) is 5.75 Å². The third kappa shape index (κ3) is 3.41. The molecule has 0 amide bonds. The molecule has 2 rings (SSSR count). The van der Waals surface area contributed by atoms with Crippen molar-refractivity contribution in [2.75, 3.05) is 0 Å². The summed E-state index contributed by atoms with van der Waals surface area (Å²) in [6.45, 7) is 0. The number of benzene rings is 2. The van der Waals surface area contributed by atoms with E-state index >= 15 is 0 Å². The standard InChI is InChI=1S/C13H8I2O2/c14-9-4-3-5-10(8-9)17-13(16)11-6-1-2-7-12(11)15/h1-8H. The first-order chi connectivity index (χ1) is 8.16. The number of rotatable bonds is 2. The van der Waals surface area contributed by atoms with E-state index in [2.05, 4.69) is 45.2 Å². The number of esters is 1. The van der Waals surface area contributed by atoms with Crippen LogP contribution in [0.15, 0.2) is 48.5 Å². The molecule has 0 unspecified atom stereocenters. The molecule has 0 aliphatic carbocycles. The van der Waals surface area contributed by atoms with Gasteiger partial charge >= 0.3 is 5.97 Å². The molecule has 0 aromatic heterocycles.